The zero-order valence-corrected chi connectivity index (χ0v) is 8.95. The topological polar surface area (TPSA) is 55.1 Å². The van der Waals surface area contributed by atoms with Gasteiger partial charge in [-0.25, -0.2) is 0 Å². The fourth-order valence-electron chi connectivity index (χ4n) is 1.98. The monoisotopic (exact) mass is 208 g/mol. The summed E-state index contributed by atoms with van der Waals surface area (Å²) in [5.74, 6) is 0.558. The van der Waals surface area contributed by atoms with E-state index in [-0.39, 0.29) is 5.91 Å². The Labute approximate surface area is 89.0 Å². The van der Waals surface area contributed by atoms with E-state index >= 15 is 0 Å². The SMILES string of the molecule is Cc1cc(C(=O)NC2CCCCC2)no1. The average molecular weight is 208 g/mol. The van der Waals surface area contributed by atoms with Crippen molar-refractivity contribution in [3.8, 4) is 0 Å². The van der Waals surface area contributed by atoms with Gasteiger partial charge in [-0.3, -0.25) is 4.79 Å². The molecule has 15 heavy (non-hydrogen) atoms. The number of aryl methyl sites for hydroxylation is 1. The first-order chi connectivity index (χ1) is 7.25. The molecule has 0 radical (unpaired) electrons. The van der Waals surface area contributed by atoms with Crippen molar-refractivity contribution in [1.82, 2.24) is 10.5 Å². The molecule has 1 aromatic rings. The lowest BCUT2D eigenvalue weighted by Gasteiger charge is -2.22. The van der Waals surface area contributed by atoms with Crippen molar-refractivity contribution in [2.45, 2.75) is 45.1 Å². The zero-order valence-electron chi connectivity index (χ0n) is 8.95. The van der Waals surface area contributed by atoms with Crippen LogP contribution in [0.1, 0.15) is 48.4 Å². The number of hydrogen-bond acceptors (Lipinski definition) is 3. The molecule has 1 aliphatic rings. The Hall–Kier alpha value is -1.32. The lowest BCUT2D eigenvalue weighted by molar-refractivity contribution is 0.0918. The van der Waals surface area contributed by atoms with Crippen LogP contribution in [0.2, 0.25) is 0 Å². The number of carbonyl (C=O) groups excluding carboxylic acids is 1. The fourth-order valence-corrected chi connectivity index (χ4v) is 1.98. The first-order valence-electron chi connectivity index (χ1n) is 5.50. The Morgan fingerprint density at radius 3 is 2.80 bits per heavy atom. The van der Waals surface area contributed by atoms with Gasteiger partial charge in [0.1, 0.15) is 5.76 Å². The highest BCUT2D eigenvalue weighted by Gasteiger charge is 2.18. The van der Waals surface area contributed by atoms with E-state index in [2.05, 4.69) is 10.5 Å². The van der Waals surface area contributed by atoms with Crippen molar-refractivity contribution in [1.29, 1.82) is 0 Å². The number of aromatic nitrogens is 1. The predicted molar refractivity (Wildman–Crippen MR) is 55.6 cm³/mol. The Balaban J connectivity index is 1.91. The van der Waals surface area contributed by atoms with Crippen molar-refractivity contribution in [3.63, 3.8) is 0 Å². The molecule has 1 N–H and O–H groups in total. The summed E-state index contributed by atoms with van der Waals surface area (Å²) in [6.45, 7) is 1.78. The molecule has 0 spiro atoms. The summed E-state index contributed by atoms with van der Waals surface area (Å²) >= 11 is 0. The van der Waals surface area contributed by atoms with E-state index in [1.807, 2.05) is 0 Å². The molecule has 82 valence electrons. The predicted octanol–water partition coefficient (Wildman–Crippen LogP) is 2.05. The second kappa shape index (κ2) is 4.47. The molecule has 0 unspecified atom stereocenters. The quantitative estimate of drug-likeness (QED) is 0.809. The zero-order chi connectivity index (χ0) is 10.7. The van der Waals surface area contributed by atoms with Gasteiger partial charge in [0.2, 0.25) is 0 Å². The van der Waals surface area contributed by atoms with Crippen LogP contribution in [0.25, 0.3) is 0 Å². The Bertz CT molecular complexity index is 340. The first kappa shape index (κ1) is 10.2. The summed E-state index contributed by atoms with van der Waals surface area (Å²) in [7, 11) is 0. The summed E-state index contributed by atoms with van der Waals surface area (Å²) in [6, 6.07) is 1.99. The van der Waals surface area contributed by atoms with Crippen molar-refractivity contribution in [2.75, 3.05) is 0 Å². The molecule has 4 nitrogen and oxygen atoms in total. The van der Waals surface area contributed by atoms with Crippen LogP contribution in [0.3, 0.4) is 0 Å². The molecule has 4 heteroatoms. The number of nitrogens with zero attached hydrogens (tertiary/aromatic N) is 1. The molecule has 1 amide bonds. The molecule has 2 rings (SSSR count). The van der Waals surface area contributed by atoms with Crippen LogP contribution < -0.4 is 5.32 Å². The Morgan fingerprint density at radius 1 is 1.47 bits per heavy atom. The summed E-state index contributed by atoms with van der Waals surface area (Å²) in [6.07, 6.45) is 5.88. The molecule has 1 heterocycles. The molecule has 1 aromatic heterocycles. The highest BCUT2D eigenvalue weighted by Crippen LogP contribution is 2.17. The lowest BCUT2D eigenvalue weighted by Crippen LogP contribution is -2.36. The third-order valence-corrected chi connectivity index (χ3v) is 2.80. The van der Waals surface area contributed by atoms with Gasteiger partial charge in [0.05, 0.1) is 0 Å². The van der Waals surface area contributed by atoms with Crippen molar-refractivity contribution < 1.29 is 9.32 Å². The summed E-state index contributed by atoms with van der Waals surface area (Å²) in [4.78, 5) is 11.7. The van der Waals surface area contributed by atoms with E-state index in [0.717, 1.165) is 12.8 Å². The van der Waals surface area contributed by atoms with Gasteiger partial charge in [-0.05, 0) is 19.8 Å². The molecule has 1 fully saturated rings. The van der Waals surface area contributed by atoms with E-state index in [1.54, 1.807) is 13.0 Å². The molecule has 0 bridgehead atoms. The third-order valence-electron chi connectivity index (χ3n) is 2.80. The molecule has 0 atom stereocenters. The van der Waals surface area contributed by atoms with Gasteiger partial charge in [-0.1, -0.05) is 24.4 Å². The van der Waals surface area contributed by atoms with Crippen LogP contribution in [0, 0.1) is 6.92 Å². The maximum Gasteiger partial charge on any atom is 0.273 e. The van der Waals surface area contributed by atoms with Crippen molar-refractivity contribution in [3.05, 3.63) is 17.5 Å². The number of amides is 1. The van der Waals surface area contributed by atoms with E-state index < -0.39 is 0 Å². The smallest absolute Gasteiger partial charge is 0.273 e. The maximum absolute atomic E-state index is 11.7. The van der Waals surface area contributed by atoms with Gasteiger partial charge >= 0.3 is 0 Å². The second-order valence-electron chi connectivity index (χ2n) is 4.13. The number of carbonyl (C=O) groups is 1. The summed E-state index contributed by atoms with van der Waals surface area (Å²) < 4.78 is 4.86. The molecule has 0 aliphatic heterocycles. The highest BCUT2D eigenvalue weighted by molar-refractivity contribution is 5.92. The van der Waals surface area contributed by atoms with E-state index in [1.165, 1.54) is 19.3 Å². The third kappa shape index (κ3) is 2.58. The van der Waals surface area contributed by atoms with Gasteiger partial charge in [0, 0.05) is 12.1 Å². The number of rotatable bonds is 2. The van der Waals surface area contributed by atoms with Gasteiger partial charge in [-0.15, -0.1) is 0 Å². The molecule has 1 aliphatic carbocycles. The first-order valence-corrected chi connectivity index (χ1v) is 5.50. The standard InChI is InChI=1S/C11H16N2O2/c1-8-7-10(13-15-8)11(14)12-9-5-3-2-4-6-9/h7,9H,2-6H2,1H3,(H,12,14). The Morgan fingerprint density at radius 2 is 2.20 bits per heavy atom. The minimum atomic E-state index is -0.112. The summed E-state index contributed by atoms with van der Waals surface area (Å²) in [5, 5.41) is 6.68. The number of hydrogen-bond donors (Lipinski definition) is 1. The van der Waals surface area contributed by atoms with Gasteiger partial charge in [0.15, 0.2) is 5.69 Å². The molecule has 1 saturated carbocycles. The maximum atomic E-state index is 11.7. The van der Waals surface area contributed by atoms with Crippen molar-refractivity contribution in [2.24, 2.45) is 0 Å². The van der Waals surface area contributed by atoms with Crippen LogP contribution in [-0.2, 0) is 0 Å². The Kier molecular flexibility index (Phi) is 3.04. The highest BCUT2D eigenvalue weighted by atomic mass is 16.5. The van der Waals surface area contributed by atoms with Crippen LogP contribution in [0.15, 0.2) is 10.6 Å². The van der Waals surface area contributed by atoms with Crippen molar-refractivity contribution >= 4 is 5.91 Å². The minimum Gasteiger partial charge on any atom is -0.361 e. The fraction of sp³-hybridized carbons (Fsp3) is 0.636. The summed E-state index contributed by atoms with van der Waals surface area (Å²) in [5.41, 5.74) is 0.387. The van der Waals surface area contributed by atoms with Gasteiger partial charge in [0.25, 0.3) is 5.91 Å². The van der Waals surface area contributed by atoms with Crippen LogP contribution in [-0.4, -0.2) is 17.1 Å². The molecule has 0 aromatic carbocycles. The minimum absolute atomic E-state index is 0.112. The van der Waals surface area contributed by atoms with E-state index in [0.29, 0.717) is 17.5 Å². The molecular formula is C11H16N2O2. The normalized spacial score (nSPS) is 17.7. The second-order valence-corrected chi connectivity index (χ2v) is 4.13. The molecular weight excluding hydrogens is 192 g/mol. The van der Waals surface area contributed by atoms with E-state index in [4.69, 9.17) is 4.52 Å². The number of nitrogens with one attached hydrogen (secondary N) is 1. The van der Waals surface area contributed by atoms with Gasteiger partial charge < -0.3 is 9.84 Å². The average Bonchev–Trinajstić information content (AvgIpc) is 2.66. The molecule has 0 saturated heterocycles. The van der Waals surface area contributed by atoms with Crippen LogP contribution in [0.5, 0.6) is 0 Å². The van der Waals surface area contributed by atoms with E-state index in [9.17, 15) is 4.79 Å². The lowest BCUT2D eigenvalue weighted by atomic mass is 9.95. The van der Waals surface area contributed by atoms with Crippen LogP contribution >= 0.6 is 0 Å². The largest absolute Gasteiger partial charge is 0.361 e. The van der Waals surface area contributed by atoms with Crippen LogP contribution in [0.4, 0.5) is 0 Å². The van der Waals surface area contributed by atoms with Gasteiger partial charge in [-0.2, -0.15) is 0 Å².